The Morgan fingerprint density at radius 3 is 2.06 bits per heavy atom. The molecule has 0 fully saturated rings. The lowest BCUT2D eigenvalue weighted by molar-refractivity contribution is -0.0980. The molecular weight excluding hydrogens is 404 g/mol. The number of carbonyl (C=O) groups excluding carboxylic acids is 3. The van der Waals surface area contributed by atoms with Crippen LogP contribution in [0.15, 0.2) is 59.4 Å². The number of hydrogen-bond donors (Lipinski definition) is 2. The van der Waals surface area contributed by atoms with Gasteiger partial charge in [-0.25, -0.2) is 0 Å². The summed E-state index contributed by atoms with van der Waals surface area (Å²) in [5.74, 6) is -0.609. The van der Waals surface area contributed by atoms with Gasteiger partial charge in [-0.3, -0.25) is 14.4 Å². The van der Waals surface area contributed by atoms with Crippen molar-refractivity contribution < 1.29 is 14.4 Å². The number of pyridine rings is 1. The smallest absolute Gasteiger partial charge is 0.197 e. The second-order valence-electron chi connectivity index (χ2n) is 7.34. The summed E-state index contributed by atoms with van der Waals surface area (Å²) in [6, 6.07) is 15.1. The van der Waals surface area contributed by atoms with E-state index in [4.69, 9.17) is 10.5 Å². The van der Waals surface area contributed by atoms with Crippen molar-refractivity contribution in [3.63, 3.8) is 0 Å². The standard InChI is InChI=1S/C21H12N2O3.C4H10.CH2O/c22-14-6-3-5-11-16(14)20(25)12-8-9-13-18(17(12)21(11)26)23-15-7-2-1-4-10(15)19(13)24;1-3-4-2;1-2/h1-9H,22H2,(H,23,24);3-4H2,1-2H3;1H2. The minimum absolute atomic E-state index is 0.171. The molecule has 0 radical (unpaired) electrons. The number of rotatable bonds is 1. The molecule has 1 aromatic heterocycles. The SMILES string of the molecule is C=O.CCCC.Nc1cccc2c1C(=O)c1ccc3c(=O)c4ccccc4[nH]c3c1C2=O. The number of nitrogen functional groups attached to an aromatic ring is 1. The van der Waals surface area contributed by atoms with Crippen LogP contribution in [0.4, 0.5) is 5.69 Å². The number of hydrogen-bond acceptors (Lipinski definition) is 5. The van der Waals surface area contributed by atoms with Crippen molar-refractivity contribution in [2.45, 2.75) is 26.7 Å². The molecular formula is C26H24N2O4. The number of nitrogens with two attached hydrogens (primary N) is 1. The molecule has 0 amide bonds. The van der Waals surface area contributed by atoms with E-state index in [2.05, 4.69) is 18.8 Å². The zero-order valence-electron chi connectivity index (χ0n) is 18.0. The maximum atomic E-state index is 13.1. The average Bonchev–Trinajstić information content (AvgIpc) is 2.83. The van der Waals surface area contributed by atoms with Crippen LogP contribution in [-0.2, 0) is 4.79 Å². The highest BCUT2D eigenvalue weighted by Crippen LogP contribution is 2.34. The van der Waals surface area contributed by atoms with Crippen LogP contribution in [-0.4, -0.2) is 23.3 Å². The Balaban J connectivity index is 0.000000437. The van der Waals surface area contributed by atoms with Crippen LogP contribution < -0.4 is 11.2 Å². The van der Waals surface area contributed by atoms with E-state index in [0.717, 1.165) is 0 Å². The van der Waals surface area contributed by atoms with Crippen LogP contribution in [0.1, 0.15) is 58.5 Å². The molecule has 6 heteroatoms. The number of fused-ring (bicyclic) bond motifs is 5. The Kier molecular flexibility index (Phi) is 6.64. The average molecular weight is 428 g/mol. The van der Waals surface area contributed by atoms with Crippen molar-refractivity contribution in [3.05, 3.63) is 87.1 Å². The molecule has 0 saturated heterocycles. The van der Waals surface area contributed by atoms with E-state index in [9.17, 15) is 14.4 Å². The van der Waals surface area contributed by atoms with E-state index in [1.54, 1.807) is 42.5 Å². The minimum atomic E-state index is -0.307. The van der Waals surface area contributed by atoms with Gasteiger partial charge in [0.25, 0.3) is 0 Å². The van der Waals surface area contributed by atoms with Crippen molar-refractivity contribution in [2.75, 3.05) is 5.73 Å². The molecule has 0 spiro atoms. The highest BCUT2D eigenvalue weighted by molar-refractivity contribution is 6.33. The highest BCUT2D eigenvalue weighted by Gasteiger charge is 2.33. The number of anilines is 1. The van der Waals surface area contributed by atoms with Crippen molar-refractivity contribution in [1.29, 1.82) is 0 Å². The van der Waals surface area contributed by atoms with E-state index >= 15 is 0 Å². The zero-order chi connectivity index (χ0) is 23.4. The molecule has 32 heavy (non-hydrogen) atoms. The summed E-state index contributed by atoms with van der Waals surface area (Å²) >= 11 is 0. The monoisotopic (exact) mass is 428 g/mol. The van der Waals surface area contributed by atoms with Gasteiger partial charge in [0, 0.05) is 33.1 Å². The number of aromatic amines is 1. The molecule has 0 unspecified atom stereocenters. The van der Waals surface area contributed by atoms with Gasteiger partial charge in [0.2, 0.25) is 0 Å². The van der Waals surface area contributed by atoms with Crippen LogP contribution in [0.25, 0.3) is 21.8 Å². The Labute approximate surface area is 185 Å². The molecule has 162 valence electrons. The summed E-state index contributed by atoms with van der Waals surface area (Å²) in [5.41, 5.74) is 8.04. The molecule has 0 aliphatic heterocycles. The second kappa shape index (κ2) is 9.39. The third kappa shape index (κ3) is 3.60. The van der Waals surface area contributed by atoms with Crippen molar-refractivity contribution >= 4 is 45.8 Å². The first-order valence-electron chi connectivity index (χ1n) is 10.3. The van der Waals surface area contributed by atoms with Crippen LogP contribution in [0.3, 0.4) is 0 Å². The van der Waals surface area contributed by atoms with Crippen molar-refractivity contribution in [1.82, 2.24) is 4.98 Å². The molecule has 1 aliphatic carbocycles. The fourth-order valence-corrected chi connectivity index (χ4v) is 3.70. The Bertz CT molecular complexity index is 1400. The van der Waals surface area contributed by atoms with E-state index in [-0.39, 0.29) is 44.9 Å². The summed E-state index contributed by atoms with van der Waals surface area (Å²) in [7, 11) is 0. The quantitative estimate of drug-likeness (QED) is 0.298. The molecule has 3 aromatic carbocycles. The lowest BCUT2D eigenvalue weighted by Crippen LogP contribution is -2.23. The fourth-order valence-electron chi connectivity index (χ4n) is 3.70. The third-order valence-electron chi connectivity index (χ3n) is 5.42. The van der Waals surface area contributed by atoms with E-state index in [1.807, 2.05) is 12.9 Å². The van der Waals surface area contributed by atoms with Crippen LogP contribution >= 0.6 is 0 Å². The normalized spacial score (nSPS) is 11.7. The Morgan fingerprint density at radius 1 is 0.750 bits per heavy atom. The number of benzene rings is 3. The molecule has 1 aliphatic rings. The van der Waals surface area contributed by atoms with Crippen molar-refractivity contribution in [3.8, 4) is 0 Å². The molecule has 0 saturated carbocycles. The molecule has 4 aromatic rings. The summed E-state index contributed by atoms with van der Waals surface area (Å²) < 4.78 is 0. The number of ketones is 2. The van der Waals surface area contributed by atoms with Gasteiger partial charge in [-0.1, -0.05) is 51.0 Å². The lowest BCUT2D eigenvalue weighted by atomic mass is 9.82. The van der Waals surface area contributed by atoms with Gasteiger partial charge < -0.3 is 15.5 Å². The molecule has 0 atom stereocenters. The molecule has 5 rings (SSSR count). The first kappa shape index (κ1) is 22.6. The summed E-state index contributed by atoms with van der Waals surface area (Å²) in [5, 5.41) is 0.926. The van der Waals surface area contributed by atoms with Crippen LogP contribution in [0.5, 0.6) is 0 Å². The van der Waals surface area contributed by atoms with Gasteiger partial charge in [-0.05, 0) is 30.3 Å². The van der Waals surface area contributed by atoms with Gasteiger partial charge in [0.05, 0.1) is 16.6 Å². The fraction of sp³-hybridized carbons (Fsp3) is 0.154. The largest absolute Gasteiger partial charge is 0.398 e. The lowest BCUT2D eigenvalue weighted by Gasteiger charge is -2.20. The van der Waals surface area contributed by atoms with E-state index in [0.29, 0.717) is 21.8 Å². The summed E-state index contributed by atoms with van der Waals surface area (Å²) in [6.45, 7) is 6.36. The highest BCUT2D eigenvalue weighted by atomic mass is 16.1. The summed E-state index contributed by atoms with van der Waals surface area (Å²) in [4.78, 5) is 50.1. The number of H-pyrrole nitrogens is 1. The molecule has 0 bridgehead atoms. The second-order valence-corrected chi connectivity index (χ2v) is 7.34. The van der Waals surface area contributed by atoms with E-state index in [1.165, 1.54) is 18.9 Å². The number of unbranched alkanes of at least 4 members (excludes halogenated alkanes) is 1. The first-order chi connectivity index (χ1) is 15.5. The number of para-hydroxylation sites is 1. The summed E-state index contributed by atoms with van der Waals surface area (Å²) in [6.07, 6.45) is 2.64. The minimum Gasteiger partial charge on any atom is -0.398 e. The molecule has 3 N–H and O–H groups in total. The third-order valence-corrected chi connectivity index (χ3v) is 5.42. The van der Waals surface area contributed by atoms with Gasteiger partial charge in [-0.2, -0.15) is 0 Å². The van der Waals surface area contributed by atoms with Crippen LogP contribution in [0.2, 0.25) is 0 Å². The maximum absolute atomic E-state index is 13.1. The van der Waals surface area contributed by atoms with Gasteiger partial charge in [0.15, 0.2) is 17.0 Å². The van der Waals surface area contributed by atoms with Crippen molar-refractivity contribution in [2.24, 2.45) is 0 Å². The van der Waals surface area contributed by atoms with Gasteiger partial charge in [0.1, 0.15) is 6.79 Å². The Hall–Kier alpha value is -4.06. The van der Waals surface area contributed by atoms with Gasteiger partial charge in [-0.15, -0.1) is 0 Å². The maximum Gasteiger partial charge on any atom is 0.197 e. The number of aromatic nitrogens is 1. The molecule has 1 heterocycles. The topological polar surface area (TPSA) is 110 Å². The molecule has 6 nitrogen and oxygen atoms in total. The predicted octanol–water partition coefficient (Wildman–Crippen LogP) is 4.66. The number of carbonyl (C=O) groups is 3. The van der Waals surface area contributed by atoms with Gasteiger partial charge >= 0.3 is 0 Å². The van der Waals surface area contributed by atoms with Crippen LogP contribution in [0, 0.1) is 0 Å². The first-order valence-corrected chi connectivity index (χ1v) is 10.3. The number of nitrogens with one attached hydrogen (secondary N) is 1. The Morgan fingerprint density at radius 2 is 1.38 bits per heavy atom. The predicted molar refractivity (Wildman–Crippen MR) is 127 cm³/mol. The zero-order valence-corrected chi connectivity index (χ0v) is 18.0. The van der Waals surface area contributed by atoms with E-state index < -0.39 is 0 Å².